The molecule has 0 spiro atoms. The van der Waals surface area contributed by atoms with E-state index >= 15 is 0 Å². The second kappa shape index (κ2) is 4.95. The van der Waals surface area contributed by atoms with Gasteiger partial charge >= 0.3 is 0 Å². The van der Waals surface area contributed by atoms with E-state index in [0.29, 0.717) is 17.9 Å². The van der Waals surface area contributed by atoms with Gasteiger partial charge in [0.05, 0.1) is 5.02 Å². The van der Waals surface area contributed by atoms with Gasteiger partial charge < -0.3 is 5.73 Å². The van der Waals surface area contributed by atoms with Crippen molar-refractivity contribution in [2.45, 2.75) is 24.8 Å². The Morgan fingerprint density at radius 3 is 2.79 bits per heavy atom. The molecule has 1 aliphatic rings. The van der Waals surface area contributed by atoms with Crippen LogP contribution in [0.1, 0.15) is 22.6 Å². The van der Waals surface area contributed by atoms with Crippen LogP contribution in [-0.4, -0.2) is 6.04 Å². The zero-order valence-electron chi connectivity index (χ0n) is 10.4. The van der Waals surface area contributed by atoms with Crippen molar-refractivity contribution < 1.29 is 4.39 Å². The molecule has 0 amide bonds. The highest BCUT2D eigenvalue weighted by Crippen LogP contribution is 2.37. The number of halogens is 2. The average molecular weight is 276 g/mol. The van der Waals surface area contributed by atoms with Gasteiger partial charge in [-0.05, 0) is 35.6 Å². The normalized spacial score (nSPS) is 18.6. The Kier molecular flexibility index (Phi) is 3.29. The summed E-state index contributed by atoms with van der Waals surface area (Å²) >= 11 is 5.79. The van der Waals surface area contributed by atoms with E-state index in [1.54, 1.807) is 18.2 Å². The molecule has 1 nitrogen and oxygen atoms in total. The summed E-state index contributed by atoms with van der Waals surface area (Å²) in [7, 11) is 0. The lowest BCUT2D eigenvalue weighted by molar-refractivity contribution is 0.472. The van der Waals surface area contributed by atoms with Gasteiger partial charge in [-0.15, -0.1) is 0 Å². The van der Waals surface area contributed by atoms with Crippen LogP contribution in [0.3, 0.4) is 0 Å². The van der Waals surface area contributed by atoms with Gasteiger partial charge in [-0.2, -0.15) is 0 Å². The first-order valence-electron chi connectivity index (χ1n) is 6.43. The molecule has 0 radical (unpaired) electrons. The van der Waals surface area contributed by atoms with E-state index in [2.05, 4.69) is 12.1 Å². The van der Waals surface area contributed by atoms with Gasteiger partial charge in [0.15, 0.2) is 0 Å². The van der Waals surface area contributed by atoms with E-state index in [4.69, 9.17) is 17.3 Å². The Morgan fingerprint density at radius 2 is 2.00 bits per heavy atom. The lowest BCUT2D eigenvalue weighted by Crippen LogP contribution is -2.37. The molecule has 0 bridgehead atoms. The van der Waals surface area contributed by atoms with E-state index in [0.717, 1.165) is 6.42 Å². The maximum atomic E-state index is 13.9. The van der Waals surface area contributed by atoms with Crippen molar-refractivity contribution in [3.05, 3.63) is 70.0 Å². The van der Waals surface area contributed by atoms with Crippen LogP contribution in [0.15, 0.2) is 42.5 Å². The van der Waals surface area contributed by atoms with Crippen molar-refractivity contribution >= 4 is 11.6 Å². The largest absolute Gasteiger partial charge is 0.327 e. The highest BCUT2D eigenvalue weighted by atomic mass is 35.5. The van der Waals surface area contributed by atoms with Crippen molar-refractivity contribution in [1.29, 1.82) is 0 Å². The van der Waals surface area contributed by atoms with E-state index in [1.165, 1.54) is 11.1 Å². The standard InChI is InChI=1S/C16H15ClFN/c17-14-7-3-5-11(16(14)18)9-15(19)13-8-10-4-1-2-6-12(10)13/h1-7,13,15H,8-9,19H2. The number of hydrogen-bond donors (Lipinski definition) is 1. The zero-order valence-corrected chi connectivity index (χ0v) is 11.2. The van der Waals surface area contributed by atoms with Crippen molar-refractivity contribution in [3.63, 3.8) is 0 Å². The molecule has 0 saturated heterocycles. The predicted molar refractivity (Wildman–Crippen MR) is 76.0 cm³/mol. The first-order valence-corrected chi connectivity index (χ1v) is 6.81. The number of fused-ring (bicyclic) bond motifs is 1. The topological polar surface area (TPSA) is 26.0 Å². The SMILES string of the molecule is NC(Cc1cccc(Cl)c1F)C1Cc2ccccc21. The molecule has 3 rings (SSSR count). The minimum atomic E-state index is -0.341. The van der Waals surface area contributed by atoms with Crippen LogP contribution in [0.2, 0.25) is 5.02 Å². The number of nitrogens with two attached hydrogens (primary N) is 1. The molecule has 2 N–H and O–H groups in total. The van der Waals surface area contributed by atoms with Crippen molar-refractivity contribution in [3.8, 4) is 0 Å². The van der Waals surface area contributed by atoms with Crippen molar-refractivity contribution in [1.82, 2.24) is 0 Å². The second-order valence-electron chi connectivity index (χ2n) is 5.09. The minimum Gasteiger partial charge on any atom is -0.327 e. The van der Waals surface area contributed by atoms with Gasteiger partial charge in [0.25, 0.3) is 0 Å². The van der Waals surface area contributed by atoms with Crippen molar-refractivity contribution in [2.24, 2.45) is 5.73 Å². The summed E-state index contributed by atoms with van der Waals surface area (Å²) in [6, 6.07) is 13.3. The Balaban J connectivity index is 1.77. The quantitative estimate of drug-likeness (QED) is 0.908. The Hall–Kier alpha value is -1.38. The van der Waals surface area contributed by atoms with Crippen LogP contribution in [0.25, 0.3) is 0 Å². The van der Waals surface area contributed by atoms with Crippen LogP contribution in [0, 0.1) is 5.82 Å². The van der Waals surface area contributed by atoms with Gasteiger partial charge in [0.2, 0.25) is 0 Å². The summed E-state index contributed by atoms with van der Waals surface area (Å²) in [5.41, 5.74) is 9.50. The summed E-state index contributed by atoms with van der Waals surface area (Å²) in [5.74, 6) is -0.0122. The maximum absolute atomic E-state index is 13.9. The Labute approximate surface area is 117 Å². The lowest BCUT2D eigenvalue weighted by Gasteiger charge is -2.34. The number of hydrogen-bond acceptors (Lipinski definition) is 1. The van der Waals surface area contributed by atoms with Gasteiger partial charge in [0.1, 0.15) is 5.82 Å². The molecule has 2 unspecified atom stereocenters. The second-order valence-corrected chi connectivity index (χ2v) is 5.50. The number of benzene rings is 2. The van der Waals surface area contributed by atoms with Gasteiger partial charge in [-0.1, -0.05) is 48.0 Å². The summed E-state index contributed by atoms with van der Waals surface area (Å²) in [5, 5.41) is 0.165. The highest BCUT2D eigenvalue weighted by molar-refractivity contribution is 6.30. The molecular weight excluding hydrogens is 261 g/mol. The van der Waals surface area contributed by atoms with E-state index in [1.807, 2.05) is 12.1 Å². The lowest BCUT2D eigenvalue weighted by atomic mass is 9.72. The molecule has 19 heavy (non-hydrogen) atoms. The average Bonchev–Trinajstić information content (AvgIpc) is 2.36. The molecule has 0 heterocycles. The van der Waals surface area contributed by atoms with E-state index < -0.39 is 0 Å². The molecule has 98 valence electrons. The summed E-state index contributed by atoms with van der Waals surface area (Å²) in [6.45, 7) is 0. The monoisotopic (exact) mass is 275 g/mol. The molecule has 0 fully saturated rings. The zero-order chi connectivity index (χ0) is 13.4. The highest BCUT2D eigenvalue weighted by Gasteiger charge is 2.31. The minimum absolute atomic E-state index is 0.0668. The summed E-state index contributed by atoms with van der Waals surface area (Å²) in [4.78, 5) is 0. The van der Waals surface area contributed by atoms with Crippen LogP contribution in [0.4, 0.5) is 4.39 Å². The molecule has 1 aliphatic carbocycles. The van der Waals surface area contributed by atoms with Crippen molar-refractivity contribution in [2.75, 3.05) is 0 Å². The molecule has 0 saturated carbocycles. The molecule has 0 aliphatic heterocycles. The van der Waals surface area contributed by atoms with Gasteiger partial charge in [-0.3, -0.25) is 0 Å². The molecule has 3 heteroatoms. The smallest absolute Gasteiger partial charge is 0.145 e. The summed E-state index contributed by atoms with van der Waals surface area (Å²) in [6.07, 6.45) is 1.50. The molecule has 0 aromatic heterocycles. The number of rotatable bonds is 3. The van der Waals surface area contributed by atoms with E-state index in [9.17, 15) is 4.39 Å². The van der Waals surface area contributed by atoms with Gasteiger partial charge in [-0.25, -0.2) is 4.39 Å². The maximum Gasteiger partial charge on any atom is 0.145 e. The predicted octanol–water partition coefficient (Wildman–Crippen LogP) is 3.69. The fourth-order valence-electron chi connectivity index (χ4n) is 2.78. The summed E-state index contributed by atoms with van der Waals surface area (Å²) < 4.78 is 13.9. The van der Waals surface area contributed by atoms with Crippen LogP contribution in [-0.2, 0) is 12.8 Å². The molecule has 2 aromatic rings. The van der Waals surface area contributed by atoms with Crippen LogP contribution < -0.4 is 5.73 Å². The Bertz CT molecular complexity index is 611. The van der Waals surface area contributed by atoms with Crippen LogP contribution >= 0.6 is 11.6 Å². The van der Waals surface area contributed by atoms with Gasteiger partial charge in [0, 0.05) is 12.0 Å². The first-order chi connectivity index (χ1) is 9.16. The van der Waals surface area contributed by atoms with Crippen LogP contribution in [0.5, 0.6) is 0 Å². The Morgan fingerprint density at radius 1 is 1.21 bits per heavy atom. The molecule has 2 aromatic carbocycles. The third kappa shape index (κ3) is 2.26. The third-order valence-electron chi connectivity index (χ3n) is 3.90. The van der Waals surface area contributed by atoms with E-state index in [-0.39, 0.29) is 16.9 Å². The third-order valence-corrected chi connectivity index (χ3v) is 4.19. The molecule has 2 atom stereocenters. The first kappa shape index (κ1) is 12.6. The fraction of sp³-hybridized carbons (Fsp3) is 0.250. The molecular formula is C16H15ClFN. The fourth-order valence-corrected chi connectivity index (χ4v) is 2.98.